The highest BCUT2D eigenvalue weighted by molar-refractivity contribution is 6.26. The molecule has 0 spiro atoms. The lowest BCUT2D eigenvalue weighted by molar-refractivity contribution is 0.577. The number of hydrogen-bond donors (Lipinski definition) is 2. The number of hydrogen-bond acceptors (Lipinski definition) is 9. The second kappa shape index (κ2) is 12.3. The number of guanidine groups is 1. The Labute approximate surface area is 280 Å². The number of aliphatic imine (C=N–C) groups is 4. The minimum absolute atomic E-state index is 0.136. The fraction of sp³-hybridized carbons (Fsp3) is 0.474. The van der Waals surface area contributed by atoms with Crippen LogP contribution in [0.25, 0.3) is 0 Å². The first-order valence-electron chi connectivity index (χ1n) is 17.4. The van der Waals surface area contributed by atoms with Crippen molar-refractivity contribution in [3.63, 3.8) is 0 Å². The molecule has 2 saturated heterocycles. The van der Waals surface area contributed by atoms with Crippen LogP contribution >= 0.6 is 0 Å². The first kappa shape index (κ1) is 31.2. The summed E-state index contributed by atoms with van der Waals surface area (Å²) in [6.45, 7) is 17.5. The average Bonchev–Trinajstić information content (AvgIpc) is 3.04. The van der Waals surface area contributed by atoms with Crippen LogP contribution in [0.2, 0.25) is 0 Å². The molecule has 2 N–H and O–H groups in total. The van der Waals surface area contributed by atoms with E-state index in [9.17, 15) is 0 Å². The van der Waals surface area contributed by atoms with Crippen LogP contribution in [0, 0.1) is 0 Å². The molecule has 47 heavy (non-hydrogen) atoms. The summed E-state index contributed by atoms with van der Waals surface area (Å²) in [6.07, 6.45) is 13.6. The quantitative estimate of drug-likeness (QED) is 0.340. The van der Waals surface area contributed by atoms with Gasteiger partial charge in [0.2, 0.25) is 5.96 Å². The van der Waals surface area contributed by atoms with Gasteiger partial charge >= 0.3 is 0 Å². The number of benzene rings is 2. The zero-order valence-corrected chi connectivity index (χ0v) is 28.9. The van der Waals surface area contributed by atoms with Crippen molar-refractivity contribution in [3.05, 3.63) is 71.6 Å². The predicted molar refractivity (Wildman–Crippen MR) is 199 cm³/mol. The summed E-state index contributed by atoms with van der Waals surface area (Å²) in [7, 11) is 0. The number of piperidine rings is 2. The van der Waals surface area contributed by atoms with Crippen molar-refractivity contribution in [2.75, 3.05) is 46.6 Å². The molecule has 0 atom stereocenters. The monoisotopic (exact) mass is 631 g/mol. The Morgan fingerprint density at radius 3 is 1.62 bits per heavy atom. The van der Waals surface area contributed by atoms with Crippen LogP contribution in [0.1, 0.15) is 91.2 Å². The van der Waals surface area contributed by atoms with Crippen molar-refractivity contribution in [3.8, 4) is 0 Å². The third-order valence-corrected chi connectivity index (χ3v) is 8.95. The highest BCUT2D eigenvalue weighted by Gasteiger charge is 2.33. The van der Waals surface area contributed by atoms with Crippen LogP contribution < -0.4 is 20.4 Å². The molecule has 0 aromatic heterocycles. The lowest BCUT2D eigenvalue weighted by atomic mass is 10.0. The summed E-state index contributed by atoms with van der Waals surface area (Å²) in [4.78, 5) is 27.3. The van der Waals surface area contributed by atoms with E-state index >= 15 is 0 Å². The Bertz CT molecular complexity index is 1630. The summed E-state index contributed by atoms with van der Waals surface area (Å²) in [5.74, 6) is 3.41. The molecule has 0 bridgehead atoms. The second-order valence-corrected chi connectivity index (χ2v) is 15.3. The van der Waals surface area contributed by atoms with Gasteiger partial charge in [0.15, 0.2) is 11.7 Å². The predicted octanol–water partition coefficient (Wildman–Crippen LogP) is 7.78. The fourth-order valence-electron chi connectivity index (χ4n) is 6.86. The standard InChI is InChI=1S/C38H49N9/c1-37(2,3)43-30-24-26(45-20-9-7-10-21-45)16-18-28(30)34-39-32-14-13-15-33-40-35(42-36(41-34)47(32)33)29-19-17-27(46-22-11-8-12-23-46)25-31(29)44-38(4,5)6/h13-19,24-25,43-44H,7-12,20-23H2,1-6H3. The van der Waals surface area contributed by atoms with Gasteiger partial charge in [-0.15, -0.1) is 0 Å². The molecule has 9 nitrogen and oxygen atoms in total. The van der Waals surface area contributed by atoms with Gasteiger partial charge in [0, 0.05) is 71.1 Å². The van der Waals surface area contributed by atoms with Gasteiger partial charge in [0.05, 0.1) is 0 Å². The topological polar surface area (TPSA) is 83.2 Å². The number of amidine groups is 3. The average molecular weight is 632 g/mol. The SMILES string of the molecule is CC(C)(C)Nc1cc(N2CCCCC2)ccc1C1=NC2=CC=CC3=NC(c4ccc(N5CCCCC5)cc4NC(C)(C)C)=NC(=N1)N23. The van der Waals surface area contributed by atoms with Crippen LogP contribution in [-0.4, -0.2) is 65.6 Å². The third-order valence-electron chi connectivity index (χ3n) is 8.95. The van der Waals surface area contributed by atoms with Crippen LogP contribution in [0.3, 0.4) is 0 Å². The zero-order valence-electron chi connectivity index (χ0n) is 28.9. The first-order chi connectivity index (χ1) is 22.5. The van der Waals surface area contributed by atoms with Gasteiger partial charge in [0.1, 0.15) is 11.7 Å². The van der Waals surface area contributed by atoms with Crippen molar-refractivity contribution >= 4 is 46.2 Å². The molecule has 0 unspecified atom stereocenters. The Kier molecular flexibility index (Phi) is 8.18. The summed E-state index contributed by atoms with van der Waals surface area (Å²) in [5, 5.41) is 7.51. The number of rotatable bonds is 6. The van der Waals surface area contributed by atoms with E-state index in [1.807, 2.05) is 23.1 Å². The molecule has 9 heteroatoms. The van der Waals surface area contributed by atoms with E-state index in [2.05, 4.69) is 98.4 Å². The van der Waals surface area contributed by atoms with Crippen LogP contribution in [0.5, 0.6) is 0 Å². The molecule has 0 aliphatic carbocycles. The minimum Gasteiger partial charge on any atom is -0.380 e. The lowest BCUT2D eigenvalue weighted by Gasteiger charge is -2.33. The van der Waals surface area contributed by atoms with E-state index in [4.69, 9.17) is 20.0 Å². The molecule has 5 aliphatic heterocycles. The van der Waals surface area contributed by atoms with E-state index in [0.29, 0.717) is 17.6 Å². The molecule has 246 valence electrons. The maximum atomic E-state index is 5.13. The fourth-order valence-corrected chi connectivity index (χ4v) is 6.86. The Morgan fingerprint density at radius 2 is 1.11 bits per heavy atom. The molecular formula is C38H49N9. The van der Waals surface area contributed by atoms with Crippen molar-refractivity contribution in [2.45, 2.75) is 91.1 Å². The number of nitrogens with zero attached hydrogens (tertiary/aromatic N) is 7. The molecule has 0 saturated carbocycles. The summed E-state index contributed by atoms with van der Waals surface area (Å²) in [5.41, 5.74) is 6.20. The minimum atomic E-state index is -0.136. The highest BCUT2D eigenvalue weighted by atomic mass is 15.4. The molecule has 2 aromatic carbocycles. The highest BCUT2D eigenvalue weighted by Crippen LogP contribution is 2.34. The third kappa shape index (κ3) is 6.85. The number of allylic oxidation sites excluding steroid dienone is 2. The lowest BCUT2D eigenvalue weighted by Crippen LogP contribution is -2.42. The number of nitrogens with one attached hydrogen (secondary N) is 2. The van der Waals surface area contributed by atoms with Crippen LogP contribution in [0.4, 0.5) is 22.7 Å². The van der Waals surface area contributed by atoms with E-state index in [1.165, 1.54) is 49.9 Å². The Hall–Kier alpha value is -4.40. The van der Waals surface area contributed by atoms with Crippen molar-refractivity contribution in [1.29, 1.82) is 0 Å². The van der Waals surface area contributed by atoms with Crippen molar-refractivity contribution < 1.29 is 0 Å². The molecule has 5 aliphatic rings. The number of anilines is 4. The van der Waals surface area contributed by atoms with Crippen molar-refractivity contribution in [1.82, 2.24) is 4.90 Å². The van der Waals surface area contributed by atoms with Gasteiger partial charge in [0.25, 0.3) is 0 Å². The second-order valence-electron chi connectivity index (χ2n) is 15.3. The Morgan fingerprint density at radius 1 is 0.596 bits per heavy atom. The van der Waals surface area contributed by atoms with Crippen LogP contribution in [-0.2, 0) is 0 Å². The normalized spacial score (nSPS) is 19.7. The molecule has 2 aromatic rings. The molecule has 0 radical (unpaired) electrons. The molecule has 0 amide bonds. The van der Waals surface area contributed by atoms with Gasteiger partial charge in [-0.1, -0.05) is 6.08 Å². The van der Waals surface area contributed by atoms with Gasteiger partial charge in [-0.3, -0.25) is 0 Å². The molecule has 7 rings (SSSR count). The molecular weight excluding hydrogens is 582 g/mol. The molecule has 5 heterocycles. The first-order valence-corrected chi connectivity index (χ1v) is 17.4. The Balaban J connectivity index is 1.29. The smallest absolute Gasteiger partial charge is 0.241 e. The summed E-state index contributed by atoms with van der Waals surface area (Å²) in [6, 6.07) is 13.3. The van der Waals surface area contributed by atoms with E-state index in [1.54, 1.807) is 0 Å². The van der Waals surface area contributed by atoms with E-state index in [0.717, 1.165) is 60.3 Å². The maximum absolute atomic E-state index is 5.13. The summed E-state index contributed by atoms with van der Waals surface area (Å²) >= 11 is 0. The van der Waals surface area contributed by atoms with Gasteiger partial charge < -0.3 is 20.4 Å². The molecule has 2 fully saturated rings. The zero-order chi connectivity index (χ0) is 32.8. The van der Waals surface area contributed by atoms with Gasteiger partial charge in [-0.2, -0.15) is 9.98 Å². The van der Waals surface area contributed by atoms with Gasteiger partial charge in [-0.05, 0) is 129 Å². The van der Waals surface area contributed by atoms with Crippen molar-refractivity contribution in [2.24, 2.45) is 20.0 Å². The van der Waals surface area contributed by atoms with E-state index in [-0.39, 0.29) is 11.1 Å². The van der Waals surface area contributed by atoms with Crippen LogP contribution in [0.15, 0.2) is 80.4 Å². The van der Waals surface area contributed by atoms with E-state index < -0.39 is 0 Å². The van der Waals surface area contributed by atoms with Gasteiger partial charge in [-0.25, -0.2) is 14.9 Å². The largest absolute Gasteiger partial charge is 0.380 e. The maximum Gasteiger partial charge on any atom is 0.241 e. The summed E-state index contributed by atoms with van der Waals surface area (Å²) < 4.78 is 0.